The summed E-state index contributed by atoms with van der Waals surface area (Å²) in [5, 5.41) is 13.1. The van der Waals surface area contributed by atoms with Crippen molar-refractivity contribution >= 4 is 5.97 Å². The Morgan fingerprint density at radius 1 is 1.41 bits per heavy atom. The number of nitrogens with zero attached hydrogens (tertiary/aromatic N) is 2. The zero-order valence-electron chi connectivity index (χ0n) is 9.33. The lowest BCUT2D eigenvalue weighted by atomic mass is 10.2. The Bertz CT molecular complexity index is 520. The summed E-state index contributed by atoms with van der Waals surface area (Å²) in [4.78, 5) is 11.1. The topological polar surface area (TPSA) is 64.4 Å². The van der Waals surface area contributed by atoms with Crippen molar-refractivity contribution in [1.82, 2.24) is 9.78 Å². The number of rotatable bonds is 4. The van der Waals surface area contributed by atoms with Crippen LogP contribution in [0.3, 0.4) is 0 Å². The molecule has 0 radical (unpaired) electrons. The highest BCUT2D eigenvalue weighted by Gasteiger charge is 2.18. The second-order valence-electron chi connectivity index (χ2n) is 3.51. The molecule has 1 N–H and O–H groups in total. The minimum Gasteiger partial charge on any atom is -0.493 e. The van der Waals surface area contributed by atoms with E-state index in [9.17, 15) is 4.79 Å². The highest BCUT2D eigenvalue weighted by atomic mass is 16.5. The van der Waals surface area contributed by atoms with E-state index in [1.165, 1.54) is 18.0 Å². The number of carboxylic acid groups (broad SMARTS) is 1. The van der Waals surface area contributed by atoms with E-state index >= 15 is 0 Å². The summed E-state index contributed by atoms with van der Waals surface area (Å²) in [6.07, 6.45) is 1.41. The summed E-state index contributed by atoms with van der Waals surface area (Å²) in [7, 11) is 1.43. The first-order valence-electron chi connectivity index (χ1n) is 5.09. The van der Waals surface area contributed by atoms with Crippen LogP contribution in [0, 0.1) is 0 Å². The predicted octanol–water partition coefficient (Wildman–Crippen LogP) is 1.64. The van der Waals surface area contributed by atoms with Gasteiger partial charge in [-0.3, -0.25) is 4.68 Å². The van der Waals surface area contributed by atoms with Gasteiger partial charge in [-0.05, 0) is 5.56 Å². The van der Waals surface area contributed by atoms with Gasteiger partial charge in [-0.2, -0.15) is 5.10 Å². The van der Waals surface area contributed by atoms with E-state index in [4.69, 9.17) is 9.84 Å². The third-order valence-electron chi connectivity index (χ3n) is 2.40. The van der Waals surface area contributed by atoms with Gasteiger partial charge in [0.1, 0.15) is 0 Å². The summed E-state index contributed by atoms with van der Waals surface area (Å²) < 4.78 is 6.37. The molecule has 0 aliphatic rings. The van der Waals surface area contributed by atoms with Crippen LogP contribution in [-0.4, -0.2) is 28.0 Å². The number of carbonyl (C=O) groups is 1. The molecule has 88 valence electrons. The van der Waals surface area contributed by atoms with E-state index in [-0.39, 0.29) is 11.4 Å². The predicted molar refractivity (Wildman–Crippen MR) is 61.3 cm³/mol. The van der Waals surface area contributed by atoms with Crippen molar-refractivity contribution in [3.63, 3.8) is 0 Å². The Hall–Kier alpha value is -2.30. The van der Waals surface area contributed by atoms with Crippen LogP contribution in [0.1, 0.15) is 16.1 Å². The van der Waals surface area contributed by atoms with E-state index < -0.39 is 5.97 Å². The zero-order chi connectivity index (χ0) is 12.3. The number of aromatic nitrogens is 2. The largest absolute Gasteiger partial charge is 0.493 e. The highest BCUT2D eigenvalue weighted by Crippen LogP contribution is 2.18. The average molecular weight is 232 g/mol. The molecule has 0 fully saturated rings. The second kappa shape index (κ2) is 4.69. The van der Waals surface area contributed by atoms with Gasteiger partial charge in [0, 0.05) is 0 Å². The summed E-state index contributed by atoms with van der Waals surface area (Å²) >= 11 is 0. The third-order valence-corrected chi connectivity index (χ3v) is 2.40. The van der Waals surface area contributed by atoms with Crippen LogP contribution < -0.4 is 4.74 Å². The third kappa shape index (κ3) is 2.28. The lowest BCUT2D eigenvalue weighted by Gasteiger charge is -2.05. The Kier molecular flexibility index (Phi) is 3.09. The van der Waals surface area contributed by atoms with Crippen LogP contribution >= 0.6 is 0 Å². The molecule has 0 aliphatic heterocycles. The molecule has 17 heavy (non-hydrogen) atoms. The Morgan fingerprint density at radius 3 is 2.71 bits per heavy atom. The number of aromatic carboxylic acids is 1. The van der Waals surface area contributed by atoms with Crippen molar-refractivity contribution in [2.45, 2.75) is 6.54 Å². The summed E-state index contributed by atoms with van der Waals surface area (Å²) in [5.41, 5.74) is 1.05. The fourth-order valence-corrected chi connectivity index (χ4v) is 1.61. The number of benzene rings is 1. The molecule has 1 heterocycles. The SMILES string of the molecule is COc1cnn(Cc2ccccc2)c1C(=O)O. The minimum absolute atomic E-state index is 0.0661. The van der Waals surface area contributed by atoms with Gasteiger partial charge in [0.05, 0.1) is 19.9 Å². The molecule has 5 nitrogen and oxygen atoms in total. The first-order valence-corrected chi connectivity index (χ1v) is 5.09. The smallest absolute Gasteiger partial charge is 0.358 e. The van der Waals surface area contributed by atoms with E-state index in [0.29, 0.717) is 6.54 Å². The van der Waals surface area contributed by atoms with Crippen molar-refractivity contribution in [3.8, 4) is 5.75 Å². The van der Waals surface area contributed by atoms with Crippen LogP contribution in [0.4, 0.5) is 0 Å². The van der Waals surface area contributed by atoms with Crippen molar-refractivity contribution in [2.24, 2.45) is 0 Å². The lowest BCUT2D eigenvalue weighted by molar-refractivity contribution is 0.0680. The normalized spacial score (nSPS) is 10.2. The average Bonchev–Trinajstić information content (AvgIpc) is 2.73. The Morgan fingerprint density at radius 2 is 2.12 bits per heavy atom. The Labute approximate surface area is 98.3 Å². The maximum atomic E-state index is 11.1. The highest BCUT2D eigenvalue weighted by molar-refractivity contribution is 5.88. The molecule has 0 bridgehead atoms. The van der Waals surface area contributed by atoms with E-state index in [2.05, 4.69) is 5.10 Å². The molecule has 1 aromatic heterocycles. The van der Waals surface area contributed by atoms with Gasteiger partial charge in [-0.15, -0.1) is 0 Å². The quantitative estimate of drug-likeness (QED) is 0.870. The first-order chi connectivity index (χ1) is 8.22. The van der Waals surface area contributed by atoms with Crippen molar-refractivity contribution < 1.29 is 14.6 Å². The molecule has 0 saturated carbocycles. The lowest BCUT2D eigenvalue weighted by Crippen LogP contribution is -2.11. The number of hydrogen-bond donors (Lipinski definition) is 1. The summed E-state index contributed by atoms with van der Waals surface area (Å²) in [6.45, 7) is 0.409. The van der Waals surface area contributed by atoms with Crippen molar-refractivity contribution in [1.29, 1.82) is 0 Å². The molecule has 1 aromatic carbocycles. The standard InChI is InChI=1S/C12H12N2O3/c1-17-10-7-13-14(11(10)12(15)16)8-9-5-3-2-4-6-9/h2-7H,8H2,1H3,(H,15,16). The molecule has 0 amide bonds. The molecule has 2 aromatic rings. The fourth-order valence-electron chi connectivity index (χ4n) is 1.61. The van der Waals surface area contributed by atoms with Gasteiger partial charge in [-0.25, -0.2) is 4.79 Å². The molecule has 0 saturated heterocycles. The van der Waals surface area contributed by atoms with E-state index in [1.54, 1.807) is 0 Å². The van der Waals surface area contributed by atoms with Gasteiger partial charge in [-0.1, -0.05) is 30.3 Å². The van der Waals surface area contributed by atoms with Crippen molar-refractivity contribution in [3.05, 3.63) is 47.8 Å². The maximum absolute atomic E-state index is 11.1. The molecule has 0 aliphatic carbocycles. The number of methoxy groups -OCH3 is 1. The first kappa shape index (κ1) is 11.2. The molecule has 2 rings (SSSR count). The van der Waals surface area contributed by atoms with Crippen LogP contribution in [0.2, 0.25) is 0 Å². The monoisotopic (exact) mass is 232 g/mol. The molecular weight excluding hydrogens is 220 g/mol. The maximum Gasteiger partial charge on any atom is 0.358 e. The van der Waals surface area contributed by atoms with Crippen molar-refractivity contribution in [2.75, 3.05) is 7.11 Å². The number of ether oxygens (including phenoxy) is 1. The van der Waals surface area contributed by atoms with Gasteiger partial charge in [0.2, 0.25) is 0 Å². The van der Waals surface area contributed by atoms with Crippen LogP contribution in [-0.2, 0) is 6.54 Å². The van der Waals surface area contributed by atoms with Crippen LogP contribution in [0.15, 0.2) is 36.5 Å². The molecule has 0 spiro atoms. The molecule has 5 heteroatoms. The molecular formula is C12H12N2O3. The second-order valence-corrected chi connectivity index (χ2v) is 3.51. The number of carboxylic acids is 1. The Balaban J connectivity index is 2.33. The van der Waals surface area contributed by atoms with Gasteiger partial charge >= 0.3 is 5.97 Å². The van der Waals surface area contributed by atoms with Gasteiger partial charge < -0.3 is 9.84 Å². The van der Waals surface area contributed by atoms with E-state index in [1.807, 2.05) is 30.3 Å². The minimum atomic E-state index is -1.05. The van der Waals surface area contributed by atoms with Crippen LogP contribution in [0.5, 0.6) is 5.75 Å². The zero-order valence-corrected chi connectivity index (χ0v) is 9.33. The molecule has 0 atom stereocenters. The fraction of sp³-hybridized carbons (Fsp3) is 0.167. The molecule has 0 unspecified atom stereocenters. The van der Waals surface area contributed by atoms with Crippen LogP contribution in [0.25, 0.3) is 0 Å². The summed E-state index contributed by atoms with van der Waals surface area (Å²) in [6, 6.07) is 9.54. The van der Waals surface area contributed by atoms with Gasteiger partial charge in [0.25, 0.3) is 0 Å². The summed E-state index contributed by atoms with van der Waals surface area (Å²) in [5.74, 6) is -0.774. The number of hydrogen-bond acceptors (Lipinski definition) is 3. The van der Waals surface area contributed by atoms with E-state index in [0.717, 1.165) is 5.56 Å². The van der Waals surface area contributed by atoms with Gasteiger partial charge in [0.15, 0.2) is 11.4 Å².